The molecule has 0 aliphatic heterocycles. The lowest BCUT2D eigenvalue weighted by atomic mass is 10.1. The molecular weight excluding hydrogens is 342 g/mol. The second-order valence-electron chi connectivity index (χ2n) is 5.91. The van der Waals surface area contributed by atoms with Crippen molar-refractivity contribution in [1.29, 1.82) is 0 Å². The number of para-hydroxylation sites is 1. The summed E-state index contributed by atoms with van der Waals surface area (Å²) in [6, 6.07) is 17.6. The predicted molar refractivity (Wildman–Crippen MR) is 104 cm³/mol. The third-order valence-corrected chi connectivity index (χ3v) is 3.89. The lowest BCUT2D eigenvalue weighted by molar-refractivity contribution is 0.102. The molecule has 0 saturated heterocycles. The Morgan fingerprint density at radius 1 is 0.926 bits per heavy atom. The van der Waals surface area contributed by atoms with E-state index in [-0.39, 0.29) is 17.5 Å². The van der Waals surface area contributed by atoms with Crippen molar-refractivity contribution in [2.24, 2.45) is 0 Å². The first-order chi connectivity index (χ1) is 13.1. The summed E-state index contributed by atoms with van der Waals surface area (Å²) in [4.78, 5) is 29.0. The van der Waals surface area contributed by atoms with Crippen molar-refractivity contribution in [3.8, 4) is 5.75 Å². The Morgan fingerprint density at radius 2 is 1.70 bits per heavy atom. The molecule has 2 amide bonds. The van der Waals surface area contributed by atoms with Crippen LogP contribution in [0.1, 0.15) is 26.4 Å². The summed E-state index contributed by atoms with van der Waals surface area (Å²) in [5.41, 5.74) is 2.69. The molecule has 0 atom stereocenters. The topological polar surface area (TPSA) is 80.3 Å². The zero-order valence-electron chi connectivity index (χ0n) is 15.0. The van der Waals surface area contributed by atoms with Crippen LogP contribution in [0.15, 0.2) is 66.9 Å². The van der Waals surface area contributed by atoms with Crippen molar-refractivity contribution in [2.45, 2.75) is 6.92 Å². The van der Waals surface area contributed by atoms with Crippen LogP contribution in [0.3, 0.4) is 0 Å². The van der Waals surface area contributed by atoms with Gasteiger partial charge < -0.3 is 15.4 Å². The van der Waals surface area contributed by atoms with E-state index in [0.29, 0.717) is 22.7 Å². The Morgan fingerprint density at radius 3 is 2.44 bits per heavy atom. The molecule has 27 heavy (non-hydrogen) atoms. The second-order valence-corrected chi connectivity index (χ2v) is 5.91. The lowest BCUT2D eigenvalue weighted by Gasteiger charge is -2.11. The van der Waals surface area contributed by atoms with Gasteiger partial charge in [-0.25, -0.2) is 0 Å². The number of hydrogen-bond acceptors (Lipinski definition) is 4. The summed E-state index contributed by atoms with van der Waals surface area (Å²) < 4.78 is 5.27. The fraction of sp³-hybridized carbons (Fsp3) is 0.0952. The molecule has 0 aliphatic carbocycles. The van der Waals surface area contributed by atoms with Gasteiger partial charge in [0, 0.05) is 17.4 Å². The number of aryl methyl sites for hydroxylation is 1. The molecule has 0 radical (unpaired) electrons. The minimum Gasteiger partial charge on any atom is -0.495 e. The standard InChI is InChI=1S/C21H19N3O3/c1-14-8-9-19(27-2)17(12-14)24-20(25)15-10-11-22-18(13-15)21(26)23-16-6-4-3-5-7-16/h3-13H,1-2H3,(H,23,26)(H,24,25). The number of hydrogen-bond donors (Lipinski definition) is 2. The average molecular weight is 361 g/mol. The van der Waals surface area contributed by atoms with Crippen LogP contribution in [0.25, 0.3) is 0 Å². The maximum Gasteiger partial charge on any atom is 0.274 e. The Hall–Kier alpha value is -3.67. The fourth-order valence-electron chi connectivity index (χ4n) is 2.53. The molecule has 136 valence electrons. The summed E-state index contributed by atoms with van der Waals surface area (Å²) in [5, 5.41) is 5.56. The van der Waals surface area contributed by atoms with E-state index in [9.17, 15) is 9.59 Å². The molecule has 0 fully saturated rings. The number of anilines is 2. The summed E-state index contributed by atoms with van der Waals surface area (Å²) >= 11 is 0. The highest BCUT2D eigenvalue weighted by Gasteiger charge is 2.14. The van der Waals surface area contributed by atoms with Crippen LogP contribution in [0, 0.1) is 6.92 Å². The van der Waals surface area contributed by atoms with E-state index in [1.807, 2.05) is 37.3 Å². The summed E-state index contributed by atoms with van der Waals surface area (Å²) in [5.74, 6) is -0.177. The Labute approximate surface area is 157 Å². The highest BCUT2D eigenvalue weighted by molar-refractivity contribution is 6.08. The number of ether oxygens (including phenoxy) is 1. The van der Waals surface area contributed by atoms with E-state index >= 15 is 0 Å². The number of amides is 2. The maximum atomic E-state index is 12.6. The smallest absolute Gasteiger partial charge is 0.274 e. The number of carbonyl (C=O) groups excluding carboxylic acids is 2. The van der Waals surface area contributed by atoms with Crippen LogP contribution in [0.2, 0.25) is 0 Å². The Bertz CT molecular complexity index is 971. The monoisotopic (exact) mass is 361 g/mol. The van der Waals surface area contributed by atoms with Crippen molar-refractivity contribution in [3.63, 3.8) is 0 Å². The average Bonchev–Trinajstić information content (AvgIpc) is 2.69. The molecule has 6 nitrogen and oxygen atoms in total. The summed E-state index contributed by atoms with van der Waals surface area (Å²) in [6.45, 7) is 1.92. The molecule has 1 heterocycles. The summed E-state index contributed by atoms with van der Waals surface area (Å²) in [7, 11) is 1.54. The highest BCUT2D eigenvalue weighted by Crippen LogP contribution is 2.25. The van der Waals surface area contributed by atoms with Gasteiger partial charge in [0.05, 0.1) is 12.8 Å². The minimum atomic E-state index is -0.385. The van der Waals surface area contributed by atoms with Gasteiger partial charge in [-0.3, -0.25) is 14.6 Å². The molecular formula is C21H19N3O3. The maximum absolute atomic E-state index is 12.6. The summed E-state index contributed by atoms with van der Waals surface area (Å²) in [6.07, 6.45) is 1.43. The molecule has 0 spiro atoms. The quantitative estimate of drug-likeness (QED) is 0.722. The van der Waals surface area contributed by atoms with Crippen LogP contribution < -0.4 is 15.4 Å². The van der Waals surface area contributed by atoms with Gasteiger partial charge in [-0.15, -0.1) is 0 Å². The largest absolute Gasteiger partial charge is 0.495 e. The van der Waals surface area contributed by atoms with Crippen LogP contribution in [0.4, 0.5) is 11.4 Å². The van der Waals surface area contributed by atoms with Crippen molar-refractivity contribution >= 4 is 23.2 Å². The van der Waals surface area contributed by atoms with E-state index in [1.165, 1.54) is 12.3 Å². The molecule has 0 saturated carbocycles. The lowest BCUT2D eigenvalue weighted by Crippen LogP contribution is -2.17. The Kier molecular flexibility index (Phi) is 5.47. The van der Waals surface area contributed by atoms with Crippen molar-refractivity contribution < 1.29 is 14.3 Å². The van der Waals surface area contributed by atoms with Crippen LogP contribution >= 0.6 is 0 Å². The molecule has 2 aromatic carbocycles. The molecule has 0 bridgehead atoms. The molecule has 0 aliphatic rings. The second kappa shape index (κ2) is 8.14. The SMILES string of the molecule is COc1ccc(C)cc1NC(=O)c1ccnc(C(=O)Nc2ccccc2)c1. The predicted octanol–water partition coefficient (Wildman–Crippen LogP) is 3.90. The zero-order valence-corrected chi connectivity index (χ0v) is 15.0. The molecule has 6 heteroatoms. The number of carbonyl (C=O) groups is 2. The molecule has 1 aromatic heterocycles. The Balaban J connectivity index is 1.78. The zero-order chi connectivity index (χ0) is 19.2. The number of pyridine rings is 1. The van der Waals surface area contributed by atoms with Gasteiger partial charge in [0.15, 0.2) is 0 Å². The molecule has 0 unspecified atom stereocenters. The van der Waals surface area contributed by atoms with Gasteiger partial charge >= 0.3 is 0 Å². The molecule has 3 rings (SSSR count). The fourth-order valence-corrected chi connectivity index (χ4v) is 2.53. The van der Waals surface area contributed by atoms with Crippen molar-refractivity contribution in [1.82, 2.24) is 4.98 Å². The van der Waals surface area contributed by atoms with Gasteiger partial charge in [-0.05, 0) is 48.9 Å². The number of methoxy groups -OCH3 is 1. The number of rotatable bonds is 5. The van der Waals surface area contributed by atoms with E-state index in [4.69, 9.17) is 4.74 Å². The highest BCUT2D eigenvalue weighted by atomic mass is 16.5. The molecule has 3 aromatic rings. The van der Waals surface area contributed by atoms with Gasteiger partial charge in [0.2, 0.25) is 0 Å². The van der Waals surface area contributed by atoms with Gasteiger partial charge in [-0.1, -0.05) is 24.3 Å². The van der Waals surface area contributed by atoms with E-state index in [1.54, 1.807) is 31.4 Å². The first-order valence-electron chi connectivity index (χ1n) is 8.35. The van der Waals surface area contributed by atoms with Crippen LogP contribution in [-0.4, -0.2) is 23.9 Å². The van der Waals surface area contributed by atoms with E-state index in [2.05, 4.69) is 15.6 Å². The minimum absolute atomic E-state index is 0.155. The van der Waals surface area contributed by atoms with Gasteiger partial charge in [0.1, 0.15) is 11.4 Å². The number of aromatic nitrogens is 1. The third kappa shape index (κ3) is 4.49. The van der Waals surface area contributed by atoms with Crippen LogP contribution in [0.5, 0.6) is 5.75 Å². The number of nitrogens with zero attached hydrogens (tertiary/aromatic N) is 1. The normalized spacial score (nSPS) is 10.1. The molecule has 2 N–H and O–H groups in total. The number of benzene rings is 2. The van der Waals surface area contributed by atoms with Crippen molar-refractivity contribution in [3.05, 3.63) is 83.7 Å². The van der Waals surface area contributed by atoms with E-state index in [0.717, 1.165) is 5.56 Å². The van der Waals surface area contributed by atoms with Crippen molar-refractivity contribution in [2.75, 3.05) is 17.7 Å². The first-order valence-corrected chi connectivity index (χ1v) is 8.35. The third-order valence-electron chi connectivity index (χ3n) is 3.89. The van der Waals surface area contributed by atoms with Gasteiger partial charge in [-0.2, -0.15) is 0 Å². The number of nitrogens with one attached hydrogen (secondary N) is 2. The van der Waals surface area contributed by atoms with Crippen LogP contribution in [-0.2, 0) is 0 Å². The first kappa shape index (κ1) is 18.1. The van der Waals surface area contributed by atoms with Gasteiger partial charge in [0.25, 0.3) is 11.8 Å². The van der Waals surface area contributed by atoms with E-state index < -0.39 is 0 Å².